The van der Waals surface area contributed by atoms with Gasteiger partial charge in [-0.1, -0.05) is 12.1 Å². The van der Waals surface area contributed by atoms with Crippen molar-refractivity contribution in [1.29, 1.82) is 5.26 Å². The van der Waals surface area contributed by atoms with Crippen molar-refractivity contribution in [2.24, 2.45) is 0 Å². The molecule has 5 rings (SSSR count). The molecule has 4 aromatic rings. The van der Waals surface area contributed by atoms with Crippen LogP contribution in [-0.2, 0) is 11.3 Å². The summed E-state index contributed by atoms with van der Waals surface area (Å²) in [6, 6.07) is 11.8. The van der Waals surface area contributed by atoms with Crippen molar-refractivity contribution in [1.82, 2.24) is 15.0 Å². The molecule has 0 saturated carbocycles. The van der Waals surface area contributed by atoms with Gasteiger partial charge in [0, 0.05) is 36.8 Å². The van der Waals surface area contributed by atoms with E-state index in [-0.39, 0.29) is 29.5 Å². The van der Waals surface area contributed by atoms with Crippen LogP contribution in [0.5, 0.6) is 5.88 Å². The minimum atomic E-state index is -1.27. The maximum atomic E-state index is 11.4. The number of oxazole rings is 2. The van der Waals surface area contributed by atoms with Gasteiger partial charge in [-0.25, -0.2) is 19.7 Å². The highest BCUT2D eigenvalue weighted by molar-refractivity contribution is 5.85. The lowest BCUT2D eigenvalue weighted by molar-refractivity contribution is 0.0658. The largest absolute Gasteiger partial charge is 0.475 e. The molecule has 1 saturated heterocycles. The van der Waals surface area contributed by atoms with E-state index in [1.165, 1.54) is 6.26 Å². The molecule has 11 heteroatoms. The van der Waals surface area contributed by atoms with Crippen molar-refractivity contribution in [2.75, 3.05) is 31.2 Å². The van der Waals surface area contributed by atoms with E-state index >= 15 is 0 Å². The number of carboxylic acid groups (broad SMARTS) is 1. The Balaban J connectivity index is 1.53. The number of hydrogen-bond acceptors (Lipinski definition) is 10. The second-order valence-corrected chi connectivity index (χ2v) is 7.97. The Morgan fingerprint density at radius 1 is 1.17 bits per heavy atom. The van der Waals surface area contributed by atoms with Crippen LogP contribution < -0.4 is 9.64 Å². The fraction of sp³-hybridized carbons (Fsp3) is 0.240. The predicted octanol–water partition coefficient (Wildman–Crippen LogP) is 3.69. The predicted molar refractivity (Wildman–Crippen MR) is 125 cm³/mol. The van der Waals surface area contributed by atoms with Gasteiger partial charge in [-0.2, -0.15) is 5.26 Å². The average molecular weight is 487 g/mol. The van der Waals surface area contributed by atoms with Crippen LogP contribution in [0.2, 0.25) is 0 Å². The van der Waals surface area contributed by atoms with Gasteiger partial charge in [0.1, 0.15) is 35.9 Å². The van der Waals surface area contributed by atoms with Crippen LogP contribution in [0.15, 0.2) is 51.8 Å². The zero-order valence-corrected chi connectivity index (χ0v) is 19.3. The molecule has 0 atom stereocenters. The topological polar surface area (TPSA) is 148 Å². The van der Waals surface area contributed by atoms with Gasteiger partial charge >= 0.3 is 5.97 Å². The molecule has 0 spiro atoms. The van der Waals surface area contributed by atoms with Gasteiger partial charge in [0.25, 0.3) is 0 Å². The Morgan fingerprint density at radius 2 is 1.94 bits per heavy atom. The summed E-state index contributed by atoms with van der Waals surface area (Å²) in [6.45, 7) is 4.48. The summed E-state index contributed by atoms with van der Waals surface area (Å²) in [4.78, 5) is 26.4. The molecule has 3 aromatic heterocycles. The average Bonchev–Trinajstić information content (AvgIpc) is 3.56. The molecule has 1 fully saturated rings. The van der Waals surface area contributed by atoms with Crippen molar-refractivity contribution < 1.29 is 28.2 Å². The zero-order valence-electron chi connectivity index (χ0n) is 19.3. The summed E-state index contributed by atoms with van der Waals surface area (Å²) >= 11 is 0. The first-order valence-electron chi connectivity index (χ1n) is 11.1. The summed E-state index contributed by atoms with van der Waals surface area (Å²) in [7, 11) is 0. The van der Waals surface area contributed by atoms with Crippen LogP contribution in [0, 0.1) is 18.3 Å². The Morgan fingerprint density at radius 3 is 2.61 bits per heavy atom. The van der Waals surface area contributed by atoms with E-state index in [1.807, 2.05) is 24.3 Å². The lowest BCUT2D eigenvalue weighted by Crippen LogP contribution is -2.36. The summed E-state index contributed by atoms with van der Waals surface area (Å²) < 4.78 is 21.5. The van der Waals surface area contributed by atoms with E-state index in [0.29, 0.717) is 36.1 Å². The number of ether oxygens (including phenoxy) is 2. The van der Waals surface area contributed by atoms with Crippen molar-refractivity contribution in [2.45, 2.75) is 13.5 Å². The number of nitrogens with zero attached hydrogens (tertiary/aromatic N) is 5. The van der Waals surface area contributed by atoms with Crippen LogP contribution in [0.25, 0.3) is 22.5 Å². The monoisotopic (exact) mass is 487 g/mol. The van der Waals surface area contributed by atoms with Crippen LogP contribution in [-0.4, -0.2) is 52.3 Å². The molecular formula is C25H21N5O6. The summed E-state index contributed by atoms with van der Waals surface area (Å²) in [5, 5.41) is 19.2. The highest BCUT2D eigenvalue weighted by Crippen LogP contribution is 2.34. The maximum Gasteiger partial charge on any atom is 0.373 e. The van der Waals surface area contributed by atoms with Crippen molar-refractivity contribution in [3.05, 3.63) is 65.9 Å². The second-order valence-electron chi connectivity index (χ2n) is 7.97. The quantitative estimate of drug-likeness (QED) is 0.407. The number of carbonyl (C=O) groups is 1. The number of anilines is 1. The molecule has 36 heavy (non-hydrogen) atoms. The summed E-state index contributed by atoms with van der Waals surface area (Å²) in [5.41, 5.74) is 3.57. The number of nitriles is 1. The van der Waals surface area contributed by atoms with Crippen LogP contribution in [0.1, 0.15) is 27.7 Å². The van der Waals surface area contributed by atoms with Crippen molar-refractivity contribution in [3.8, 4) is 34.5 Å². The van der Waals surface area contributed by atoms with E-state index in [4.69, 9.17) is 18.3 Å². The molecule has 0 bridgehead atoms. The third-order valence-corrected chi connectivity index (χ3v) is 5.71. The van der Waals surface area contributed by atoms with Crippen LogP contribution in [0.3, 0.4) is 0 Å². The van der Waals surface area contributed by atoms with Crippen LogP contribution in [0.4, 0.5) is 5.69 Å². The molecule has 0 amide bonds. The number of carboxylic acids is 1. The number of aryl methyl sites for hydroxylation is 1. The van der Waals surface area contributed by atoms with Gasteiger partial charge < -0.3 is 28.3 Å². The number of rotatable bonds is 7. The molecule has 11 nitrogen and oxygen atoms in total. The molecule has 1 aliphatic rings. The van der Waals surface area contributed by atoms with E-state index in [9.17, 15) is 15.2 Å². The van der Waals surface area contributed by atoms with Crippen molar-refractivity contribution in [3.63, 3.8) is 0 Å². The lowest BCUT2D eigenvalue weighted by atomic mass is 10.0. The Kier molecular flexibility index (Phi) is 6.34. The van der Waals surface area contributed by atoms with E-state index in [1.54, 1.807) is 13.0 Å². The first-order chi connectivity index (χ1) is 17.5. The molecule has 1 aromatic carbocycles. The third kappa shape index (κ3) is 4.62. The molecule has 0 unspecified atom stereocenters. The van der Waals surface area contributed by atoms with Gasteiger partial charge in [0.15, 0.2) is 12.3 Å². The molecular weight excluding hydrogens is 466 g/mol. The maximum absolute atomic E-state index is 11.4. The van der Waals surface area contributed by atoms with Crippen molar-refractivity contribution >= 4 is 11.7 Å². The molecule has 182 valence electrons. The lowest BCUT2D eigenvalue weighted by Gasteiger charge is -2.28. The Labute approximate surface area is 205 Å². The fourth-order valence-corrected chi connectivity index (χ4v) is 3.92. The van der Waals surface area contributed by atoms with E-state index in [0.717, 1.165) is 30.7 Å². The van der Waals surface area contributed by atoms with Gasteiger partial charge in [-0.3, -0.25) is 0 Å². The van der Waals surface area contributed by atoms with E-state index < -0.39 is 5.97 Å². The first-order valence-corrected chi connectivity index (χ1v) is 11.1. The molecule has 1 N–H and O–H groups in total. The van der Waals surface area contributed by atoms with Gasteiger partial charge in [0.05, 0.1) is 18.9 Å². The van der Waals surface area contributed by atoms with E-state index in [2.05, 4.69) is 25.9 Å². The molecule has 0 aliphatic carbocycles. The normalized spacial score (nSPS) is 13.4. The Hall–Kier alpha value is -4.69. The number of aromatic nitrogens is 3. The number of aromatic carboxylic acids is 1. The highest BCUT2D eigenvalue weighted by Gasteiger charge is 2.22. The summed E-state index contributed by atoms with van der Waals surface area (Å²) in [5.74, 6) is -1.15. The SMILES string of the molecule is Cc1nc(-c2cc(-c3ccc(N4CCOCC4)cc3)nc(OCc3ncoc3C(=O)O)c2C#N)co1. The summed E-state index contributed by atoms with van der Waals surface area (Å²) in [6.07, 6.45) is 2.48. The standard InChI is InChI=1S/C25H21N5O6/c1-15-28-21(12-34-15)18-10-20(16-2-4-17(5-3-16)30-6-8-33-9-7-30)29-24(19(18)11-26)35-13-22-23(25(31)32)36-14-27-22/h2-5,10,12,14H,6-9,13H2,1H3,(H,31,32). The number of pyridine rings is 1. The first kappa shape index (κ1) is 23.1. The van der Waals surface area contributed by atoms with Gasteiger partial charge in [-0.15, -0.1) is 0 Å². The zero-order chi connectivity index (χ0) is 25.1. The third-order valence-electron chi connectivity index (χ3n) is 5.71. The number of hydrogen-bond donors (Lipinski definition) is 1. The minimum absolute atomic E-state index is 0.0160. The molecule has 0 radical (unpaired) electrons. The number of benzene rings is 1. The molecule has 4 heterocycles. The minimum Gasteiger partial charge on any atom is -0.475 e. The second kappa shape index (κ2) is 9.89. The van der Waals surface area contributed by atoms with Gasteiger partial charge in [0.2, 0.25) is 11.6 Å². The van der Waals surface area contributed by atoms with Crippen LogP contribution >= 0.6 is 0 Å². The van der Waals surface area contributed by atoms with Gasteiger partial charge in [-0.05, 0) is 18.2 Å². The molecule has 1 aliphatic heterocycles. The highest BCUT2D eigenvalue weighted by atomic mass is 16.5. The smallest absolute Gasteiger partial charge is 0.373 e. The number of morpholine rings is 1. The Bertz CT molecular complexity index is 1430. The fourth-order valence-electron chi connectivity index (χ4n) is 3.92.